The molecule has 0 aromatic carbocycles. The smallest absolute Gasteiger partial charge is 0.262 e. The van der Waals surface area contributed by atoms with Crippen molar-refractivity contribution in [2.75, 3.05) is 36.5 Å². The standard InChI is InChI=1S/C23H28FN7O2/c1-3-33-22-17(21(32)28-16-9-18(24)20-27-14(2)11-31(20)13-16)10-26-23(29-22)30-8-6-15(12-30)19-5-4-7-25-19/h9-11,13,15,19,25H,3-8,12H2,1-2H3,(H,28,32). The molecule has 2 aliphatic heterocycles. The Kier molecular flexibility index (Phi) is 5.84. The number of nitrogens with one attached hydrogen (secondary N) is 2. The summed E-state index contributed by atoms with van der Waals surface area (Å²) >= 11 is 0. The molecule has 5 rings (SSSR count). The summed E-state index contributed by atoms with van der Waals surface area (Å²) in [5.41, 5.74) is 1.41. The number of anilines is 2. The number of carbonyl (C=O) groups is 1. The van der Waals surface area contributed by atoms with E-state index >= 15 is 0 Å². The number of fused-ring (bicyclic) bond motifs is 1. The lowest BCUT2D eigenvalue weighted by Gasteiger charge is -2.21. The van der Waals surface area contributed by atoms with Gasteiger partial charge < -0.3 is 24.7 Å². The van der Waals surface area contributed by atoms with Crippen molar-refractivity contribution in [3.63, 3.8) is 0 Å². The van der Waals surface area contributed by atoms with Gasteiger partial charge in [-0.3, -0.25) is 4.79 Å². The Balaban J connectivity index is 1.35. The third-order valence-electron chi connectivity index (χ3n) is 6.33. The van der Waals surface area contributed by atoms with Crippen molar-refractivity contribution in [1.82, 2.24) is 24.7 Å². The van der Waals surface area contributed by atoms with Gasteiger partial charge in [-0.25, -0.2) is 14.4 Å². The Labute approximate surface area is 191 Å². The molecule has 174 valence electrons. The highest BCUT2D eigenvalue weighted by Crippen LogP contribution is 2.29. The zero-order valence-corrected chi connectivity index (χ0v) is 18.8. The number of hydrogen-bond donors (Lipinski definition) is 2. The summed E-state index contributed by atoms with van der Waals surface area (Å²) in [6.07, 6.45) is 8.34. The lowest BCUT2D eigenvalue weighted by molar-refractivity contribution is 0.102. The minimum atomic E-state index is -0.516. The monoisotopic (exact) mass is 453 g/mol. The summed E-state index contributed by atoms with van der Waals surface area (Å²) in [4.78, 5) is 28.3. The van der Waals surface area contributed by atoms with E-state index in [9.17, 15) is 9.18 Å². The Bertz CT molecular complexity index is 1180. The Morgan fingerprint density at radius 3 is 3.00 bits per heavy atom. The van der Waals surface area contributed by atoms with E-state index in [2.05, 4.69) is 30.5 Å². The predicted octanol–water partition coefficient (Wildman–Crippen LogP) is 2.80. The van der Waals surface area contributed by atoms with E-state index in [1.807, 2.05) is 6.92 Å². The maximum absolute atomic E-state index is 14.4. The van der Waals surface area contributed by atoms with E-state index in [1.54, 1.807) is 23.7 Å². The zero-order valence-electron chi connectivity index (χ0n) is 18.8. The quantitative estimate of drug-likeness (QED) is 0.592. The van der Waals surface area contributed by atoms with E-state index in [1.165, 1.54) is 25.1 Å². The van der Waals surface area contributed by atoms with Crippen molar-refractivity contribution < 1.29 is 13.9 Å². The summed E-state index contributed by atoms with van der Waals surface area (Å²) in [5, 5.41) is 6.31. The molecule has 33 heavy (non-hydrogen) atoms. The molecule has 0 bridgehead atoms. The molecule has 0 saturated carbocycles. The van der Waals surface area contributed by atoms with Crippen molar-refractivity contribution in [2.24, 2.45) is 5.92 Å². The number of aryl methyl sites for hydroxylation is 1. The normalized spacial score (nSPS) is 20.5. The van der Waals surface area contributed by atoms with E-state index in [-0.39, 0.29) is 17.1 Å². The van der Waals surface area contributed by atoms with Crippen molar-refractivity contribution in [3.8, 4) is 5.88 Å². The van der Waals surface area contributed by atoms with Crippen molar-refractivity contribution in [3.05, 3.63) is 41.7 Å². The van der Waals surface area contributed by atoms with Crippen LogP contribution in [0.5, 0.6) is 5.88 Å². The second-order valence-electron chi connectivity index (χ2n) is 8.66. The third-order valence-corrected chi connectivity index (χ3v) is 6.33. The molecule has 10 heteroatoms. The fraction of sp³-hybridized carbons (Fsp3) is 0.478. The van der Waals surface area contributed by atoms with E-state index in [4.69, 9.17) is 4.74 Å². The van der Waals surface area contributed by atoms with Gasteiger partial charge in [-0.15, -0.1) is 0 Å². The topological polar surface area (TPSA) is 96.7 Å². The van der Waals surface area contributed by atoms with Crippen LogP contribution in [-0.4, -0.2) is 57.5 Å². The molecule has 0 radical (unpaired) electrons. The number of aromatic nitrogens is 4. The number of nitrogens with zero attached hydrogens (tertiary/aromatic N) is 5. The molecular formula is C23H28FN7O2. The van der Waals surface area contributed by atoms with Gasteiger partial charge in [-0.05, 0) is 45.6 Å². The molecule has 5 heterocycles. The van der Waals surface area contributed by atoms with Crippen molar-refractivity contribution in [1.29, 1.82) is 0 Å². The minimum absolute atomic E-state index is 0.205. The number of amides is 1. The number of rotatable bonds is 6. The zero-order chi connectivity index (χ0) is 22.9. The van der Waals surface area contributed by atoms with Gasteiger partial charge in [0, 0.05) is 43.8 Å². The van der Waals surface area contributed by atoms with Crippen molar-refractivity contribution >= 4 is 23.2 Å². The highest BCUT2D eigenvalue weighted by molar-refractivity contribution is 6.05. The molecule has 0 spiro atoms. The number of pyridine rings is 1. The van der Waals surface area contributed by atoms with Crippen LogP contribution >= 0.6 is 0 Å². The third kappa shape index (κ3) is 4.35. The molecule has 0 aliphatic carbocycles. The molecule has 2 fully saturated rings. The minimum Gasteiger partial charge on any atom is -0.477 e. The fourth-order valence-corrected chi connectivity index (χ4v) is 4.77. The van der Waals surface area contributed by atoms with E-state index in [0.717, 1.165) is 26.1 Å². The molecule has 3 aromatic rings. The summed E-state index contributed by atoms with van der Waals surface area (Å²) in [6.45, 7) is 6.84. The maximum Gasteiger partial charge on any atom is 0.262 e. The lowest BCUT2D eigenvalue weighted by Crippen LogP contribution is -2.33. The number of halogens is 1. The molecule has 2 saturated heterocycles. The summed E-state index contributed by atoms with van der Waals surface area (Å²) < 4.78 is 21.6. The number of hydrogen-bond acceptors (Lipinski definition) is 7. The van der Waals surface area contributed by atoms with E-state index < -0.39 is 11.7 Å². The first-order valence-corrected chi connectivity index (χ1v) is 11.5. The van der Waals surface area contributed by atoms with Gasteiger partial charge in [0.15, 0.2) is 11.5 Å². The van der Waals surface area contributed by atoms with Crippen LogP contribution in [-0.2, 0) is 0 Å². The van der Waals surface area contributed by atoms with Crippen LogP contribution in [0.2, 0.25) is 0 Å². The highest BCUT2D eigenvalue weighted by atomic mass is 19.1. The Morgan fingerprint density at radius 2 is 2.21 bits per heavy atom. The van der Waals surface area contributed by atoms with Gasteiger partial charge in [0.1, 0.15) is 5.56 Å². The highest BCUT2D eigenvalue weighted by Gasteiger charge is 2.32. The largest absolute Gasteiger partial charge is 0.477 e. The van der Waals surface area contributed by atoms with E-state index in [0.29, 0.717) is 35.9 Å². The average molecular weight is 454 g/mol. The van der Waals surface area contributed by atoms with Crippen LogP contribution in [0, 0.1) is 18.7 Å². The first kappa shape index (κ1) is 21.6. The summed E-state index contributed by atoms with van der Waals surface area (Å²) in [7, 11) is 0. The van der Waals surface area contributed by atoms with Crippen LogP contribution in [0.3, 0.4) is 0 Å². The molecule has 2 atom stereocenters. The van der Waals surface area contributed by atoms with Gasteiger partial charge in [0.05, 0.1) is 18.0 Å². The molecule has 2 N–H and O–H groups in total. The first-order chi connectivity index (χ1) is 16.0. The van der Waals surface area contributed by atoms with Crippen LogP contribution in [0.1, 0.15) is 42.2 Å². The second kappa shape index (κ2) is 8.93. The maximum atomic E-state index is 14.4. The van der Waals surface area contributed by atoms with Gasteiger partial charge >= 0.3 is 0 Å². The molecule has 2 unspecified atom stereocenters. The van der Waals surface area contributed by atoms with Crippen molar-refractivity contribution in [2.45, 2.75) is 39.2 Å². The van der Waals surface area contributed by atoms with Crippen LogP contribution in [0.15, 0.2) is 24.7 Å². The van der Waals surface area contributed by atoms with Gasteiger partial charge in [-0.1, -0.05) is 0 Å². The van der Waals surface area contributed by atoms with Crippen LogP contribution in [0.4, 0.5) is 16.0 Å². The number of imidazole rings is 1. The Hall–Kier alpha value is -3.27. The van der Waals surface area contributed by atoms with Crippen LogP contribution in [0.25, 0.3) is 5.65 Å². The fourth-order valence-electron chi connectivity index (χ4n) is 4.77. The predicted molar refractivity (Wildman–Crippen MR) is 122 cm³/mol. The Morgan fingerprint density at radius 1 is 1.33 bits per heavy atom. The lowest BCUT2D eigenvalue weighted by atomic mass is 9.98. The molecule has 3 aromatic heterocycles. The second-order valence-corrected chi connectivity index (χ2v) is 8.66. The van der Waals surface area contributed by atoms with Gasteiger partial charge in [-0.2, -0.15) is 4.98 Å². The number of carbonyl (C=O) groups excluding carboxylic acids is 1. The first-order valence-electron chi connectivity index (χ1n) is 11.5. The number of ether oxygens (including phenoxy) is 1. The van der Waals surface area contributed by atoms with Crippen LogP contribution < -0.4 is 20.3 Å². The average Bonchev–Trinajstić information content (AvgIpc) is 3.54. The SMILES string of the molecule is CCOc1nc(N2CCC(C3CCCN3)C2)ncc1C(=O)Nc1cc(F)c2nc(C)cn2c1. The molecule has 2 aliphatic rings. The van der Waals surface area contributed by atoms with Gasteiger partial charge in [0.25, 0.3) is 5.91 Å². The molecule has 1 amide bonds. The molecular weight excluding hydrogens is 425 g/mol. The summed E-state index contributed by atoms with van der Waals surface area (Å²) in [6, 6.07) is 1.81. The molecule has 9 nitrogen and oxygen atoms in total. The van der Waals surface area contributed by atoms with Gasteiger partial charge in [0.2, 0.25) is 11.8 Å². The summed E-state index contributed by atoms with van der Waals surface area (Å²) in [5.74, 6) is 0.387.